The average molecular weight is 339 g/mol. The van der Waals surface area contributed by atoms with Crippen molar-refractivity contribution in [3.63, 3.8) is 0 Å². The van der Waals surface area contributed by atoms with Crippen LogP contribution in [0.25, 0.3) is 5.65 Å². The maximum absolute atomic E-state index is 6.15. The zero-order valence-corrected chi connectivity index (χ0v) is 12.3. The Hall–Kier alpha value is -1.59. The summed E-state index contributed by atoms with van der Waals surface area (Å²) in [5.74, 6) is 0.966. The molecule has 0 amide bonds. The molecule has 1 aromatic carbocycles. The van der Waals surface area contributed by atoms with Crippen LogP contribution in [-0.4, -0.2) is 14.4 Å². The number of aromatic nitrogens is 3. The molecule has 0 N–H and O–H groups in total. The lowest BCUT2D eigenvalue weighted by atomic mass is 10.2. The normalized spacial score (nSPS) is 10.9. The van der Waals surface area contributed by atoms with Crippen molar-refractivity contribution in [3.05, 3.63) is 52.0 Å². The number of imidazole rings is 1. The molecule has 0 aliphatic rings. The van der Waals surface area contributed by atoms with Gasteiger partial charge in [-0.25, -0.2) is 9.97 Å². The first-order chi connectivity index (χ1) is 9.13. The van der Waals surface area contributed by atoms with E-state index in [1.807, 2.05) is 41.9 Å². The summed E-state index contributed by atoms with van der Waals surface area (Å²) < 4.78 is 8.25. The Kier molecular flexibility index (Phi) is 3.16. The summed E-state index contributed by atoms with van der Waals surface area (Å²) in [6.45, 7) is 1.97. The van der Waals surface area contributed by atoms with Crippen LogP contribution in [0.5, 0.6) is 11.6 Å². The average Bonchev–Trinajstić information content (AvgIpc) is 2.80. The van der Waals surface area contributed by atoms with Gasteiger partial charge in [-0.3, -0.25) is 4.40 Å². The number of ether oxygens (including phenoxy) is 1. The molecule has 19 heavy (non-hydrogen) atoms. The third kappa shape index (κ3) is 2.43. The van der Waals surface area contributed by atoms with E-state index in [2.05, 4.69) is 25.9 Å². The molecule has 0 radical (unpaired) electrons. The second-order valence-corrected chi connectivity index (χ2v) is 5.28. The van der Waals surface area contributed by atoms with Crippen LogP contribution in [0.3, 0.4) is 0 Å². The number of fused-ring (bicyclic) bond motifs is 1. The summed E-state index contributed by atoms with van der Waals surface area (Å²) in [5, 5.41) is 0.548. The number of benzene rings is 1. The molecule has 0 aliphatic carbocycles. The SMILES string of the molecule is Cc1ccc(Oc2nc(Br)cn3ccnc23)c(Cl)c1. The van der Waals surface area contributed by atoms with Crippen molar-refractivity contribution in [2.24, 2.45) is 0 Å². The minimum absolute atomic E-state index is 0.408. The summed E-state index contributed by atoms with van der Waals surface area (Å²) in [4.78, 5) is 8.50. The molecule has 6 heteroatoms. The zero-order valence-electron chi connectivity index (χ0n) is 9.97. The molecule has 0 unspecified atom stereocenters. The summed E-state index contributed by atoms with van der Waals surface area (Å²) in [5.41, 5.74) is 1.71. The summed E-state index contributed by atoms with van der Waals surface area (Å²) in [6, 6.07) is 5.60. The fourth-order valence-electron chi connectivity index (χ4n) is 1.73. The van der Waals surface area contributed by atoms with E-state index in [1.165, 1.54) is 0 Å². The van der Waals surface area contributed by atoms with Gasteiger partial charge < -0.3 is 4.74 Å². The quantitative estimate of drug-likeness (QED) is 0.701. The Morgan fingerprint density at radius 2 is 2.21 bits per heavy atom. The van der Waals surface area contributed by atoms with Crippen molar-refractivity contribution in [3.8, 4) is 11.6 Å². The Morgan fingerprint density at radius 3 is 3.00 bits per heavy atom. The van der Waals surface area contributed by atoms with Crippen LogP contribution in [0.15, 0.2) is 41.4 Å². The molecule has 4 nitrogen and oxygen atoms in total. The van der Waals surface area contributed by atoms with Crippen molar-refractivity contribution in [1.29, 1.82) is 0 Å². The molecule has 2 aromatic heterocycles. The maximum Gasteiger partial charge on any atom is 0.265 e. The third-order valence-electron chi connectivity index (χ3n) is 2.61. The molecule has 0 bridgehead atoms. The molecule has 96 valence electrons. The Labute approximate surface area is 123 Å². The number of rotatable bonds is 2. The highest BCUT2D eigenvalue weighted by Crippen LogP contribution is 2.31. The van der Waals surface area contributed by atoms with Crippen LogP contribution < -0.4 is 4.74 Å². The molecule has 0 saturated carbocycles. The monoisotopic (exact) mass is 337 g/mol. The molecular weight excluding hydrogens is 330 g/mol. The van der Waals surface area contributed by atoms with Gasteiger partial charge in [0.1, 0.15) is 10.4 Å². The van der Waals surface area contributed by atoms with E-state index in [4.69, 9.17) is 16.3 Å². The van der Waals surface area contributed by atoms with Crippen LogP contribution in [0.2, 0.25) is 5.02 Å². The smallest absolute Gasteiger partial charge is 0.265 e. The Balaban J connectivity index is 2.07. The van der Waals surface area contributed by atoms with Gasteiger partial charge in [0, 0.05) is 18.6 Å². The first-order valence-corrected chi connectivity index (χ1v) is 6.74. The molecule has 3 aromatic rings. The second-order valence-electron chi connectivity index (χ2n) is 4.06. The van der Waals surface area contributed by atoms with Crippen LogP contribution >= 0.6 is 27.5 Å². The van der Waals surface area contributed by atoms with Crippen molar-refractivity contribution >= 4 is 33.2 Å². The first kappa shape index (κ1) is 12.4. The lowest BCUT2D eigenvalue weighted by Gasteiger charge is -2.08. The molecule has 0 aliphatic heterocycles. The van der Waals surface area contributed by atoms with Crippen LogP contribution in [0.1, 0.15) is 5.56 Å². The third-order valence-corrected chi connectivity index (χ3v) is 3.29. The van der Waals surface area contributed by atoms with E-state index in [9.17, 15) is 0 Å². The Morgan fingerprint density at radius 1 is 1.37 bits per heavy atom. The maximum atomic E-state index is 6.15. The number of halogens is 2. The van der Waals surface area contributed by atoms with Gasteiger partial charge in [-0.15, -0.1) is 0 Å². The molecule has 0 fully saturated rings. The van der Waals surface area contributed by atoms with E-state index < -0.39 is 0 Å². The van der Waals surface area contributed by atoms with Crippen molar-refractivity contribution in [1.82, 2.24) is 14.4 Å². The van der Waals surface area contributed by atoms with Gasteiger partial charge in [0.2, 0.25) is 5.65 Å². The van der Waals surface area contributed by atoms with Crippen LogP contribution in [0, 0.1) is 6.92 Å². The van der Waals surface area contributed by atoms with Gasteiger partial charge in [-0.2, -0.15) is 0 Å². The van der Waals surface area contributed by atoms with Gasteiger partial charge in [0.05, 0.1) is 5.02 Å². The van der Waals surface area contributed by atoms with E-state index in [0.717, 1.165) is 5.56 Å². The predicted molar refractivity (Wildman–Crippen MR) is 77.0 cm³/mol. The minimum Gasteiger partial charge on any atom is -0.434 e. The zero-order chi connectivity index (χ0) is 13.4. The molecule has 3 rings (SSSR count). The minimum atomic E-state index is 0.408. The van der Waals surface area contributed by atoms with E-state index in [0.29, 0.717) is 26.9 Å². The number of nitrogens with zero attached hydrogens (tertiary/aromatic N) is 3. The highest BCUT2D eigenvalue weighted by Gasteiger charge is 2.11. The fourth-order valence-corrected chi connectivity index (χ4v) is 2.39. The standard InChI is InChI=1S/C13H9BrClN3O/c1-8-2-3-10(9(15)6-8)19-13-12-16-4-5-18(12)7-11(14)17-13/h2-7H,1H3. The van der Waals surface area contributed by atoms with E-state index in [1.54, 1.807) is 6.20 Å². The molecule has 0 saturated heterocycles. The van der Waals surface area contributed by atoms with Gasteiger partial charge in [-0.1, -0.05) is 17.7 Å². The molecule has 2 heterocycles. The van der Waals surface area contributed by atoms with Gasteiger partial charge in [-0.05, 0) is 40.5 Å². The van der Waals surface area contributed by atoms with Crippen molar-refractivity contribution in [2.45, 2.75) is 6.92 Å². The largest absolute Gasteiger partial charge is 0.434 e. The van der Waals surface area contributed by atoms with E-state index >= 15 is 0 Å². The summed E-state index contributed by atoms with van der Waals surface area (Å²) in [7, 11) is 0. The topological polar surface area (TPSA) is 39.4 Å². The summed E-state index contributed by atoms with van der Waals surface area (Å²) in [6.07, 6.45) is 5.32. The second kappa shape index (κ2) is 4.83. The van der Waals surface area contributed by atoms with Gasteiger partial charge in [0.25, 0.3) is 5.88 Å². The lowest BCUT2D eigenvalue weighted by molar-refractivity contribution is 0.464. The molecule has 0 spiro atoms. The van der Waals surface area contributed by atoms with E-state index in [-0.39, 0.29) is 0 Å². The highest BCUT2D eigenvalue weighted by molar-refractivity contribution is 9.10. The van der Waals surface area contributed by atoms with Gasteiger partial charge in [0.15, 0.2) is 0 Å². The number of hydrogen-bond acceptors (Lipinski definition) is 3. The number of hydrogen-bond donors (Lipinski definition) is 0. The van der Waals surface area contributed by atoms with Crippen LogP contribution in [-0.2, 0) is 0 Å². The molecule has 0 atom stereocenters. The van der Waals surface area contributed by atoms with Crippen molar-refractivity contribution < 1.29 is 4.74 Å². The highest BCUT2D eigenvalue weighted by atomic mass is 79.9. The fraction of sp³-hybridized carbons (Fsp3) is 0.0769. The first-order valence-electron chi connectivity index (χ1n) is 5.57. The van der Waals surface area contributed by atoms with Crippen LogP contribution in [0.4, 0.5) is 0 Å². The van der Waals surface area contributed by atoms with Crippen molar-refractivity contribution in [2.75, 3.05) is 0 Å². The number of aryl methyl sites for hydroxylation is 1. The Bertz CT molecular complexity index is 757. The summed E-state index contributed by atoms with van der Waals surface area (Å²) >= 11 is 9.49. The molecular formula is C13H9BrClN3O. The lowest BCUT2D eigenvalue weighted by Crippen LogP contribution is -1.95. The predicted octanol–water partition coefficient (Wildman–Crippen LogP) is 4.25. The van der Waals surface area contributed by atoms with Gasteiger partial charge >= 0.3 is 0 Å².